The minimum atomic E-state index is -0.450. The number of hydrogen-bond donors (Lipinski definition) is 0. The molecule has 7 nitrogen and oxygen atoms in total. The first kappa shape index (κ1) is 26.1. The van der Waals surface area contributed by atoms with Gasteiger partial charge in [0.05, 0.1) is 49.2 Å². The third-order valence-corrected chi connectivity index (χ3v) is 8.15. The molecule has 2 aromatic heterocycles. The fraction of sp³-hybridized carbons (Fsp3) is 0.118. The summed E-state index contributed by atoms with van der Waals surface area (Å²) in [5.74, 6) is 0.719. The number of fused-ring (bicyclic) bond motifs is 2. The number of anilines is 1. The highest BCUT2D eigenvalue weighted by atomic mass is 79.9. The SMILES string of the molecule is COc1c2occc2c(OC)c2c(=O)cc(C3C(c4ccccc4)=NN(c4ccccc4)C3c3ccc(Br)cc3)oc12. The smallest absolute Gasteiger partial charge is 0.206 e. The van der Waals surface area contributed by atoms with E-state index in [1.54, 1.807) is 18.4 Å². The highest BCUT2D eigenvalue weighted by molar-refractivity contribution is 9.10. The third kappa shape index (κ3) is 4.18. The minimum absolute atomic E-state index is 0.246. The second kappa shape index (κ2) is 10.5. The standard InChI is InChI=1S/C34H25BrN2O5/c1-39-31-24-17-18-41-32(24)34(40-2)33-27(31)25(38)19-26(42-33)28-29(20-9-5-3-6-10-20)36-37(23-11-7-4-8-12-23)30(28)21-13-15-22(35)16-14-21/h3-19,28,30H,1-2H3. The molecule has 2 unspecified atom stereocenters. The van der Waals surface area contributed by atoms with Crippen LogP contribution < -0.4 is 19.9 Å². The van der Waals surface area contributed by atoms with Gasteiger partial charge in [0.25, 0.3) is 0 Å². The Morgan fingerprint density at radius 2 is 1.52 bits per heavy atom. The maximum atomic E-state index is 14.0. The predicted molar refractivity (Wildman–Crippen MR) is 167 cm³/mol. The van der Waals surface area contributed by atoms with Gasteiger partial charge in [-0.05, 0) is 41.5 Å². The molecule has 0 saturated heterocycles. The van der Waals surface area contributed by atoms with Crippen LogP contribution in [0, 0.1) is 0 Å². The van der Waals surface area contributed by atoms with Gasteiger partial charge in [0.1, 0.15) is 16.9 Å². The fourth-order valence-corrected chi connectivity index (χ4v) is 6.06. The molecule has 4 aromatic carbocycles. The van der Waals surface area contributed by atoms with E-state index in [2.05, 4.69) is 28.1 Å². The lowest BCUT2D eigenvalue weighted by Gasteiger charge is -2.28. The van der Waals surface area contributed by atoms with Crippen molar-refractivity contribution in [1.29, 1.82) is 0 Å². The van der Waals surface area contributed by atoms with Gasteiger partial charge in [-0.1, -0.05) is 76.6 Å². The van der Waals surface area contributed by atoms with Gasteiger partial charge in [0, 0.05) is 10.5 Å². The van der Waals surface area contributed by atoms with E-state index < -0.39 is 5.92 Å². The van der Waals surface area contributed by atoms with Crippen molar-refractivity contribution in [2.45, 2.75) is 12.0 Å². The topological polar surface area (TPSA) is 77.4 Å². The molecule has 42 heavy (non-hydrogen) atoms. The number of rotatable bonds is 6. The summed E-state index contributed by atoms with van der Waals surface area (Å²) in [5.41, 5.74) is 4.10. The quantitative estimate of drug-likeness (QED) is 0.187. The monoisotopic (exact) mass is 620 g/mol. The number of halogens is 1. The zero-order valence-electron chi connectivity index (χ0n) is 22.8. The third-order valence-electron chi connectivity index (χ3n) is 7.62. The Morgan fingerprint density at radius 3 is 2.21 bits per heavy atom. The van der Waals surface area contributed by atoms with Crippen LogP contribution in [0.1, 0.15) is 28.8 Å². The second-order valence-electron chi connectivity index (χ2n) is 9.95. The Hall–Kier alpha value is -4.82. The van der Waals surface area contributed by atoms with Gasteiger partial charge in [-0.25, -0.2) is 0 Å². The molecule has 0 aliphatic carbocycles. The molecule has 0 N–H and O–H groups in total. The van der Waals surface area contributed by atoms with E-state index in [9.17, 15) is 4.79 Å². The van der Waals surface area contributed by atoms with E-state index in [-0.39, 0.29) is 17.1 Å². The molecule has 0 radical (unpaired) electrons. The van der Waals surface area contributed by atoms with Crippen molar-refractivity contribution in [3.8, 4) is 11.5 Å². The lowest BCUT2D eigenvalue weighted by atomic mass is 9.84. The van der Waals surface area contributed by atoms with E-state index in [0.717, 1.165) is 27.0 Å². The average molecular weight is 621 g/mol. The molecule has 0 bridgehead atoms. The van der Waals surface area contributed by atoms with E-state index in [0.29, 0.717) is 33.6 Å². The number of hydrazone groups is 1. The highest BCUT2D eigenvalue weighted by Crippen LogP contribution is 2.48. The molecule has 1 aliphatic heterocycles. The Morgan fingerprint density at radius 1 is 0.833 bits per heavy atom. The van der Waals surface area contributed by atoms with Crippen LogP contribution in [0.3, 0.4) is 0 Å². The molecule has 208 valence electrons. The van der Waals surface area contributed by atoms with Crippen LogP contribution in [0.2, 0.25) is 0 Å². The van der Waals surface area contributed by atoms with Gasteiger partial charge in [-0.3, -0.25) is 9.80 Å². The highest BCUT2D eigenvalue weighted by Gasteiger charge is 2.43. The molecule has 1 aliphatic rings. The summed E-state index contributed by atoms with van der Waals surface area (Å²) in [6, 6.07) is 31.1. The summed E-state index contributed by atoms with van der Waals surface area (Å²) in [7, 11) is 3.06. The molecular formula is C34H25BrN2O5. The molecule has 0 amide bonds. The zero-order chi connectivity index (χ0) is 28.8. The van der Waals surface area contributed by atoms with Gasteiger partial charge >= 0.3 is 0 Å². The normalized spacial score (nSPS) is 16.6. The van der Waals surface area contributed by atoms with Crippen LogP contribution in [0.5, 0.6) is 11.5 Å². The zero-order valence-corrected chi connectivity index (χ0v) is 24.4. The minimum Gasteiger partial charge on any atom is -0.495 e. The lowest BCUT2D eigenvalue weighted by Crippen LogP contribution is -2.25. The van der Waals surface area contributed by atoms with Crippen LogP contribution in [0.4, 0.5) is 5.69 Å². The van der Waals surface area contributed by atoms with Gasteiger partial charge in [-0.2, -0.15) is 5.10 Å². The van der Waals surface area contributed by atoms with E-state index in [4.69, 9.17) is 23.4 Å². The average Bonchev–Trinajstić information content (AvgIpc) is 3.67. The van der Waals surface area contributed by atoms with Crippen LogP contribution in [0.25, 0.3) is 21.9 Å². The van der Waals surface area contributed by atoms with Gasteiger partial charge in [0.2, 0.25) is 5.75 Å². The number of benzene rings is 4. The van der Waals surface area contributed by atoms with Crippen LogP contribution in [-0.4, -0.2) is 19.9 Å². The fourth-order valence-electron chi connectivity index (χ4n) is 5.80. The number of furan rings is 1. The first-order valence-corrected chi connectivity index (χ1v) is 14.2. The largest absolute Gasteiger partial charge is 0.495 e. The number of para-hydroxylation sites is 1. The maximum absolute atomic E-state index is 14.0. The van der Waals surface area contributed by atoms with Crippen molar-refractivity contribution < 1.29 is 18.3 Å². The lowest BCUT2D eigenvalue weighted by molar-refractivity contribution is 0.395. The Kier molecular flexibility index (Phi) is 6.55. The molecule has 0 fully saturated rings. The molecule has 0 saturated carbocycles. The van der Waals surface area contributed by atoms with Crippen molar-refractivity contribution in [2.24, 2.45) is 5.10 Å². The number of methoxy groups -OCH3 is 2. The van der Waals surface area contributed by atoms with Gasteiger partial charge < -0.3 is 18.3 Å². The Balaban J connectivity index is 1.53. The summed E-state index contributed by atoms with van der Waals surface area (Å²) >= 11 is 3.57. The van der Waals surface area contributed by atoms with Crippen molar-refractivity contribution in [3.05, 3.63) is 135 Å². The van der Waals surface area contributed by atoms with Crippen molar-refractivity contribution >= 4 is 49.3 Å². The first-order chi connectivity index (χ1) is 20.6. The van der Waals surface area contributed by atoms with Crippen LogP contribution in [-0.2, 0) is 0 Å². The summed E-state index contributed by atoms with van der Waals surface area (Å²) in [4.78, 5) is 14.0. The summed E-state index contributed by atoms with van der Waals surface area (Å²) in [6.45, 7) is 0. The van der Waals surface area contributed by atoms with Crippen molar-refractivity contribution in [3.63, 3.8) is 0 Å². The molecule has 8 heteroatoms. The number of hydrogen-bond acceptors (Lipinski definition) is 7. The summed E-state index contributed by atoms with van der Waals surface area (Å²) in [6.07, 6.45) is 1.54. The second-order valence-corrected chi connectivity index (χ2v) is 10.9. The van der Waals surface area contributed by atoms with Gasteiger partial charge in [-0.15, -0.1) is 0 Å². The molecule has 0 spiro atoms. The number of ether oxygens (including phenoxy) is 2. The van der Waals surface area contributed by atoms with E-state index >= 15 is 0 Å². The number of nitrogens with zero attached hydrogens (tertiary/aromatic N) is 2. The maximum Gasteiger partial charge on any atom is 0.206 e. The van der Waals surface area contributed by atoms with Crippen molar-refractivity contribution in [2.75, 3.05) is 19.2 Å². The van der Waals surface area contributed by atoms with Crippen molar-refractivity contribution in [1.82, 2.24) is 0 Å². The molecule has 2 atom stereocenters. The summed E-state index contributed by atoms with van der Waals surface area (Å²) < 4.78 is 24.9. The first-order valence-electron chi connectivity index (χ1n) is 13.4. The Labute approximate surface area is 249 Å². The Bertz CT molecular complexity index is 2000. The van der Waals surface area contributed by atoms with E-state index in [1.165, 1.54) is 14.2 Å². The summed E-state index contributed by atoms with van der Waals surface area (Å²) in [5, 5.41) is 8.14. The van der Waals surface area contributed by atoms with Crippen LogP contribution >= 0.6 is 15.9 Å². The molecule has 7 rings (SSSR count). The molecule has 6 aromatic rings. The van der Waals surface area contributed by atoms with Gasteiger partial charge in [0.15, 0.2) is 16.6 Å². The molecular weight excluding hydrogens is 596 g/mol. The van der Waals surface area contributed by atoms with E-state index in [1.807, 2.05) is 77.8 Å². The van der Waals surface area contributed by atoms with Crippen LogP contribution in [0.15, 0.2) is 127 Å². The predicted octanol–water partition coefficient (Wildman–Crippen LogP) is 8.07. The molecule has 3 heterocycles.